The normalized spacial score (nSPS) is 12.0. The molecule has 0 spiro atoms. The molecule has 0 saturated heterocycles. The van der Waals surface area contributed by atoms with E-state index in [1.807, 2.05) is 38.1 Å². The summed E-state index contributed by atoms with van der Waals surface area (Å²) in [5.41, 5.74) is 2.92. The standard InChI is InChI=1S/C28H32ClN3O4S/c1-5-30-28(34)22(4)31(18-23-10-8-9-21(3)17-23)27(33)19-32(26-12-7-6-11-25(26)29)37(35,36)24-15-13-20(2)14-16-24/h6-17,22H,5,18-19H2,1-4H3,(H,30,34)/t22-/m1/s1. The van der Waals surface area contributed by atoms with E-state index >= 15 is 0 Å². The molecule has 0 radical (unpaired) electrons. The van der Waals surface area contributed by atoms with Gasteiger partial charge in [0.15, 0.2) is 0 Å². The van der Waals surface area contributed by atoms with E-state index in [0.29, 0.717) is 6.54 Å². The molecule has 0 aliphatic heterocycles. The van der Waals surface area contributed by atoms with Gasteiger partial charge in [0.25, 0.3) is 10.0 Å². The van der Waals surface area contributed by atoms with Gasteiger partial charge in [-0.3, -0.25) is 13.9 Å². The highest BCUT2D eigenvalue weighted by atomic mass is 35.5. The smallest absolute Gasteiger partial charge is 0.264 e. The number of carbonyl (C=O) groups is 2. The highest BCUT2D eigenvalue weighted by Gasteiger charge is 2.33. The van der Waals surface area contributed by atoms with Crippen LogP contribution >= 0.6 is 11.6 Å². The van der Waals surface area contributed by atoms with Gasteiger partial charge in [-0.25, -0.2) is 8.42 Å². The summed E-state index contributed by atoms with van der Waals surface area (Å²) in [5.74, 6) is -0.856. The van der Waals surface area contributed by atoms with E-state index in [4.69, 9.17) is 11.6 Å². The van der Waals surface area contributed by atoms with Gasteiger partial charge in [-0.1, -0.05) is 71.3 Å². The molecule has 0 aromatic heterocycles. The number of benzene rings is 3. The molecule has 3 aromatic rings. The Morgan fingerprint density at radius 3 is 2.24 bits per heavy atom. The van der Waals surface area contributed by atoms with Crippen LogP contribution in [0.15, 0.2) is 77.7 Å². The number of anilines is 1. The van der Waals surface area contributed by atoms with E-state index in [2.05, 4.69) is 5.32 Å². The van der Waals surface area contributed by atoms with Gasteiger partial charge < -0.3 is 10.2 Å². The molecule has 0 bridgehead atoms. The first-order chi connectivity index (χ1) is 17.5. The van der Waals surface area contributed by atoms with Crippen LogP contribution in [0.1, 0.15) is 30.5 Å². The Bertz CT molecular complexity index is 1360. The Balaban J connectivity index is 2.04. The fourth-order valence-corrected chi connectivity index (χ4v) is 5.64. The minimum absolute atomic E-state index is 0.0350. The van der Waals surface area contributed by atoms with Gasteiger partial charge in [0.2, 0.25) is 11.8 Å². The van der Waals surface area contributed by atoms with Crippen LogP contribution in [0.25, 0.3) is 0 Å². The van der Waals surface area contributed by atoms with Crippen LogP contribution in [-0.2, 0) is 26.2 Å². The maximum absolute atomic E-state index is 13.8. The molecular formula is C28H32ClN3O4S. The van der Waals surface area contributed by atoms with E-state index in [0.717, 1.165) is 21.0 Å². The lowest BCUT2D eigenvalue weighted by atomic mass is 10.1. The van der Waals surface area contributed by atoms with E-state index in [1.165, 1.54) is 17.0 Å². The monoisotopic (exact) mass is 541 g/mol. The first kappa shape index (κ1) is 28.2. The minimum atomic E-state index is -4.16. The molecule has 7 nitrogen and oxygen atoms in total. The molecule has 196 valence electrons. The molecule has 0 aliphatic carbocycles. The van der Waals surface area contributed by atoms with Crippen molar-refractivity contribution in [3.05, 3.63) is 94.5 Å². The number of hydrogen-bond acceptors (Lipinski definition) is 4. The molecule has 0 unspecified atom stereocenters. The van der Waals surface area contributed by atoms with Crippen LogP contribution in [-0.4, -0.2) is 44.3 Å². The van der Waals surface area contributed by atoms with Gasteiger partial charge in [0.1, 0.15) is 12.6 Å². The molecule has 2 amide bonds. The largest absolute Gasteiger partial charge is 0.355 e. The van der Waals surface area contributed by atoms with Crippen molar-refractivity contribution in [1.29, 1.82) is 0 Å². The van der Waals surface area contributed by atoms with Crippen LogP contribution in [0.3, 0.4) is 0 Å². The summed E-state index contributed by atoms with van der Waals surface area (Å²) >= 11 is 6.41. The first-order valence-electron chi connectivity index (χ1n) is 12.0. The third kappa shape index (κ3) is 6.90. The predicted molar refractivity (Wildman–Crippen MR) is 147 cm³/mol. The van der Waals surface area contributed by atoms with Crippen LogP contribution in [0.2, 0.25) is 5.02 Å². The van der Waals surface area contributed by atoms with Gasteiger partial charge in [0, 0.05) is 13.1 Å². The van der Waals surface area contributed by atoms with Crippen molar-refractivity contribution in [3.63, 3.8) is 0 Å². The number of nitrogens with one attached hydrogen (secondary N) is 1. The Hall–Kier alpha value is -3.36. The second-order valence-corrected chi connectivity index (χ2v) is 11.1. The Kier molecular flexibility index (Phi) is 9.34. The molecule has 0 saturated carbocycles. The van der Waals surface area contributed by atoms with Crippen LogP contribution in [0.5, 0.6) is 0 Å². The molecule has 3 rings (SSSR count). The third-order valence-corrected chi connectivity index (χ3v) is 8.06. The summed E-state index contributed by atoms with van der Waals surface area (Å²) in [6, 6.07) is 19.6. The van der Waals surface area contributed by atoms with Crippen molar-refractivity contribution in [2.24, 2.45) is 0 Å². The average Bonchev–Trinajstić information content (AvgIpc) is 2.86. The van der Waals surface area contributed by atoms with E-state index in [-0.39, 0.29) is 28.1 Å². The summed E-state index contributed by atoms with van der Waals surface area (Å²) in [5, 5.41) is 2.94. The van der Waals surface area contributed by atoms with Gasteiger partial charge in [-0.15, -0.1) is 0 Å². The second kappa shape index (κ2) is 12.3. The number of carbonyl (C=O) groups excluding carboxylic acids is 2. The summed E-state index contributed by atoms with van der Waals surface area (Å²) in [6.45, 7) is 7.24. The second-order valence-electron chi connectivity index (χ2n) is 8.86. The quantitative estimate of drug-likeness (QED) is 0.403. The molecule has 0 heterocycles. The molecule has 9 heteroatoms. The number of halogens is 1. The van der Waals surface area contributed by atoms with Crippen molar-refractivity contribution in [2.45, 2.75) is 45.2 Å². The van der Waals surface area contributed by atoms with Crippen LogP contribution < -0.4 is 9.62 Å². The number of nitrogens with zero attached hydrogens (tertiary/aromatic N) is 2. The maximum atomic E-state index is 13.8. The molecular weight excluding hydrogens is 510 g/mol. The van der Waals surface area contributed by atoms with Crippen LogP contribution in [0, 0.1) is 13.8 Å². The van der Waals surface area contributed by atoms with Crippen molar-refractivity contribution in [1.82, 2.24) is 10.2 Å². The minimum Gasteiger partial charge on any atom is -0.355 e. The van der Waals surface area contributed by atoms with Gasteiger partial charge in [0.05, 0.1) is 15.6 Å². The number of aryl methyl sites for hydroxylation is 2. The van der Waals surface area contributed by atoms with E-state index in [1.54, 1.807) is 50.2 Å². The number of amides is 2. The topological polar surface area (TPSA) is 86.8 Å². The summed E-state index contributed by atoms with van der Waals surface area (Å²) in [6.07, 6.45) is 0. The molecule has 1 atom stereocenters. The number of likely N-dealkylation sites (N-methyl/N-ethyl adjacent to an activating group) is 1. The maximum Gasteiger partial charge on any atom is 0.264 e. The lowest BCUT2D eigenvalue weighted by Crippen LogP contribution is -2.51. The SMILES string of the molecule is CCNC(=O)[C@@H](C)N(Cc1cccc(C)c1)C(=O)CN(c1ccccc1Cl)S(=O)(=O)c1ccc(C)cc1. The Morgan fingerprint density at radius 2 is 1.62 bits per heavy atom. The van der Waals surface area contributed by atoms with E-state index < -0.39 is 28.5 Å². The zero-order valence-corrected chi connectivity index (χ0v) is 23.0. The summed E-state index contributed by atoms with van der Waals surface area (Å²) < 4.78 is 28.6. The molecule has 3 aromatic carbocycles. The number of hydrogen-bond donors (Lipinski definition) is 1. The Morgan fingerprint density at radius 1 is 0.946 bits per heavy atom. The third-order valence-electron chi connectivity index (χ3n) is 5.96. The van der Waals surface area contributed by atoms with Crippen molar-refractivity contribution < 1.29 is 18.0 Å². The number of sulfonamides is 1. The van der Waals surface area contributed by atoms with Crippen molar-refractivity contribution >= 4 is 39.1 Å². The highest BCUT2D eigenvalue weighted by Crippen LogP contribution is 2.31. The molecule has 0 fully saturated rings. The zero-order chi connectivity index (χ0) is 27.2. The predicted octanol–water partition coefficient (Wildman–Crippen LogP) is 4.71. The molecule has 0 aliphatic rings. The fourth-order valence-electron chi connectivity index (χ4n) is 3.92. The average molecular weight is 542 g/mol. The van der Waals surface area contributed by atoms with Crippen LogP contribution in [0.4, 0.5) is 5.69 Å². The zero-order valence-electron chi connectivity index (χ0n) is 21.4. The van der Waals surface area contributed by atoms with Gasteiger partial charge in [-0.05, 0) is 57.5 Å². The lowest BCUT2D eigenvalue weighted by Gasteiger charge is -2.32. The van der Waals surface area contributed by atoms with Gasteiger partial charge >= 0.3 is 0 Å². The lowest BCUT2D eigenvalue weighted by molar-refractivity contribution is -0.139. The summed E-state index contributed by atoms with van der Waals surface area (Å²) in [7, 11) is -4.16. The van der Waals surface area contributed by atoms with Gasteiger partial charge in [-0.2, -0.15) is 0 Å². The molecule has 1 N–H and O–H groups in total. The number of para-hydroxylation sites is 1. The summed E-state index contributed by atoms with van der Waals surface area (Å²) in [4.78, 5) is 28.0. The number of rotatable bonds is 10. The first-order valence-corrected chi connectivity index (χ1v) is 13.8. The Labute approximate surface area is 224 Å². The van der Waals surface area contributed by atoms with Crippen molar-refractivity contribution in [3.8, 4) is 0 Å². The van der Waals surface area contributed by atoms with Crippen molar-refractivity contribution in [2.75, 3.05) is 17.4 Å². The fraction of sp³-hybridized carbons (Fsp3) is 0.286. The highest BCUT2D eigenvalue weighted by molar-refractivity contribution is 7.92. The van der Waals surface area contributed by atoms with E-state index in [9.17, 15) is 18.0 Å². The molecule has 37 heavy (non-hydrogen) atoms.